The van der Waals surface area contributed by atoms with Crippen LogP contribution in [0.25, 0.3) is 0 Å². The third-order valence-corrected chi connectivity index (χ3v) is 11.8. The number of phenolic OH excluding ortho intramolecular Hbond substituents is 1. The molecule has 0 aromatic heterocycles. The van der Waals surface area contributed by atoms with Crippen molar-refractivity contribution in [2.45, 2.75) is 83.2 Å². The summed E-state index contributed by atoms with van der Waals surface area (Å²) >= 11 is 0. The molecule has 2 atom stereocenters. The normalized spacial score (nSPS) is 16.2. The Hall–Kier alpha value is -5.56. The molecule has 5 aromatic carbocycles. The number of fused-ring (bicyclic) bond motifs is 1. The summed E-state index contributed by atoms with van der Waals surface area (Å²) in [5, 5.41) is 9.76. The van der Waals surface area contributed by atoms with Crippen molar-refractivity contribution >= 4 is 12.3 Å². The minimum Gasteiger partial charge on any atom is -0.508 e. The van der Waals surface area contributed by atoms with Crippen LogP contribution in [0.15, 0.2) is 121 Å². The number of phenols is 1. The number of rotatable bonds is 11. The van der Waals surface area contributed by atoms with E-state index in [9.17, 15) is 14.7 Å². The van der Waals surface area contributed by atoms with Crippen molar-refractivity contribution in [2.24, 2.45) is 0 Å². The fraction of sp³-hybridized carbons (Fsp3) is 0.289. The lowest BCUT2D eigenvalue weighted by Gasteiger charge is -2.45. The lowest BCUT2D eigenvalue weighted by molar-refractivity contribution is 0.0927. The SMILES string of the molecule is CCC(C)(c1ccc(OC(=O)OCc2ccccc2)cc1)C(C)(C)c1ccc(OC(=O)Oc2ccc3c(c2)C3(C)C(C)(C)c2ccc(O)cc2)cc1. The molecule has 1 aliphatic rings. The molecule has 2 unspecified atom stereocenters. The Bertz CT molecular complexity index is 2050. The van der Waals surface area contributed by atoms with E-state index in [1.807, 2.05) is 78.9 Å². The third-order valence-electron chi connectivity index (χ3n) is 11.8. The van der Waals surface area contributed by atoms with E-state index in [0.717, 1.165) is 34.2 Å². The summed E-state index contributed by atoms with van der Waals surface area (Å²) in [5.41, 5.74) is 5.38. The Morgan fingerprint density at radius 1 is 0.615 bits per heavy atom. The zero-order chi connectivity index (χ0) is 37.3. The van der Waals surface area contributed by atoms with E-state index < -0.39 is 12.3 Å². The first-order valence-electron chi connectivity index (χ1n) is 17.6. The molecule has 0 saturated heterocycles. The maximum atomic E-state index is 12.9. The van der Waals surface area contributed by atoms with Gasteiger partial charge in [-0.1, -0.05) is 121 Å². The van der Waals surface area contributed by atoms with Gasteiger partial charge in [-0.15, -0.1) is 0 Å². The highest BCUT2D eigenvalue weighted by Gasteiger charge is 2.57. The van der Waals surface area contributed by atoms with Gasteiger partial charge in [0.2, 0.25) is 0 Å². The van der Waals surface area contributed by atoms with Gasteiger partial charge < -0.3 is 24.1 Å². The first-order valence-corrected chi connectivity index (χ1v) is 17.6. The quantitative estimate of drug-likeness (QED) is 0.108. The molecular formula is C45H46O7. The molecule has 268 valence electrons. The number of carbonyl (C=O) groups is 2. The predicted octanol–water partition coefficient (Wildman–Crippen LogP) is 10.9. The molecule has 0 amide bonds. The van der Waals surface area contributed by atoms with Crippen molar-refractivity contribution < 1.29 is 33.6 Å². The van der Waals surface area contributed by atoms with Gasteiger partial charge in [-0.25, -0.2) is 9.59 Å². The van der Waals surface area contributed by atoms with Gasteiger partial charge in [0.15, 0.2) is 0 Å². The van der Waals surface area contributed by atoms with Crippen LogP contribution in [0.3, 0.4) is 0 Å². The molecule has 52 heavy (non-hydrogen) atoms. The smallest absolute Gasteiger partial charge is 0.508 e. The Labute approximate surface area is 306 Å². The molecule has 0 spiro atoms. The lowest BCUT2D eigenvalue weighted by atomic mass is 9.58. The van der Waals surface area contributed by atoms with Crippen LogP contribution >= 0.6 is 0 Å². The van der Waals surface area contributed by atoms with Gasteiger partial charge in [0, 0.05) is 16.2 Å². The summed E-state index contributed by atoms with van der Waals surface area (Å²) in [7, 11) is 0. The van der Waals surface area contributed by atoms with E-state index in [1.54, 1.807) is 42.5 Å². The summed E-state index contributed by atoms with van der Waals surface area (Å²) < 4.78 is 21.9. The van der Waals surface area contributed by atoms with Crippen molar-refractivity contribution in [3.05, 3.63) is 155 Å². The van der Waals surface area contributed by atoms with Gasteiger partial charge in [-0.05, 0) is 93.7 Å². The molecule has 0 bridgehead atoms. The van der Waals surface area contributed by atoms with Crippen LogP contribution < -0.4 is 14.2 Å². The van der Waals surface area contributed by atoms with Crippen molar-refractivity contribution in [1.29, 1.82) is 0 Å². The minimum atomic E-state index is -0.809. The van der Waals surface area contributed by atoms with Crippen LogP contribution in [-0.4, -0.2) is 17.4 Å². The van der Waals surface area contributed by atoms with Gasteiger partial charge in [0.1, 0.15) is 29.6 Å². The molecule has 7 heteroatoms. The topological polar surface area (TPSA) is 91.3 Å². The van der Waals surface area contributed by atoms with Crippen LogP contribution in [-0.2, 0) is 33.0 Å². The van der Waals surface area contributed by atoms with E-state index >= 15 is 0 Å². The molecule has 1 N–H and O–H groups in total. The Balaban J connectivity index is 1.07. The molecule has 7 nitrogen and oxygen atoms in total. The molecule has 6 rings (SSSR count). The lowest BCUT2D eigenvalue weighted by Crippen LogP contribution is -2.42. The van der Waals surface area contributed by atoms with Crippen molar-refractivity contribution in [1.82, 2.24) is 0 Å². The average molecular weight is 699 g/mol. The summed E-state index contributed by atoms with van der Waals surface area (Å²) in [6.07, 6.45) is -0.718. The van der Waals surface area contributed by atoms with Crippen molar-refractivity contribution in [3.63, 3.8) is 0 Å². The molecule has 1 aliphatic carbocycles. The van der Waals surface area contributed by atoms with Crippen LogP contribution in [0.1, 0.15) is 88.3 Å². The predicted molar refractivity (Wildman–Crippen MR) is 201 cm³/mol. The zero-order valence-electron chi connectivity index (χ0n) is 30.9. The monoisotopic (exact) mass is 698 g/mol. The highest BCUT2D eigenvalue weighted by Crippen LogP contribution is 2.61. The van der Waals surface area contributed by atoms with Crippen LogP contribution in [0, 0.1) is 0 Å². The second-order valence-corrected chi connectivity index (χ2v) is 14.9. The molecule has 0 aliphatic heterocycles. The van der Waals surface area contributed by atoms with E-state index in [1.165, 1.54) is 5.56 Å². The van der Waals surface area contributed by atoms with Crippen LogP contribution in [0.2, 0.25) is 0 Å². The standard InChI is InChI=1S/C45H46O7/c1-8-44(6,33-18-24-35(25-19-33)50-40(47)49-29-30-12-10-9-11-13-30)42(2,3)31-16-22-36(23-17-31)51-41(48)52-37-26-27-38-39(28-37)45(38,7)43(4,5)32-14-20-34(46)21-15-32/h9-28,46H,8,29H2,1-7H3. The van der Waals surface area contributed by atoms with Gasteiger partial charge in [-0.3, -0.25) is 0 Å². The number of carbonyl (C=O) groups excluding carboxylic acids is 2. The highest BCUT2D eigenvalue weighted by molar-refractivity contribution is 5.70. The Morgan fingerprint density at radius 3 is 1.73 bits per heavy atom. The van der Waals surface area contributed by atoms with E-state index in [-0.39, 0.29) is 34.0 Å². The Kier molecular flexibility index (Phi) is 9.67. The fourth-order valence-electron chi connectivity index (χ4n) is 7.37. The number of hydrogen-bond acceptors (Lipinski definition) is 7. The van der Waals surface area contributed by atoms with E-state index in [2.05, 4.69) is 48.5 Å². The first-order chi connectivity index (χ1) is 24.7. The van der Waals surface area contributed by atoms with Crippen LogP contribution in [0.4, 0.5) is 9.59 Å². The average Bonchev–Trinajstić information content (AvgIpc) is 3.75. The molecule has 5 aromatic rings. The minimum absolute atomic E-state index is 0.140. The second-order valence-electron chi connectivity index (χ2n) is 14.9. The number of ether oxygens (including phenoxy) is 4. The summed E-state index contributed by atoms with van der Waals surface area (Å²) in [5.74, 6) is 1.45. The van der Waals surface area contributed by atoms with Crippen molar-refractivity contribution in [2.75, 3.05) is 0 Å². The van der Waals surface area contributed by atoms with E-state index in [0.29, 0.717) is 17.2 Å². The summed E-state index contributed by atoms with van der Waals surface area (Å²) in [6, 6.07) is 37.6. The largest absolute Gasteiger partial charge is 0.519 e. The fourth-order valence-corrected chi connectivity index (χ4v) is 7.37. The molecule has 0 saturated carbocycles. The Morgan fingerprint density at radius 2 is 1.13 bits per heavy atom. The van der Waals surface area contributed by atoms with E-state index in [4.69, 9.17) is 18.9 Å². The number of aromatic hydroxyl groups is 1. The van der Waals surface area contributed by atoms with Crippen LogP contribution in [0.5, 0.6) is 23.0 Å². The van der Waals surface area contributed by atoms with Gasteiger partial charge in [-0.2, -0.15) is 0 Å². The number of benzene rings is 5. The molecule has 0 radical (unpaired) electrons. The van der Waals surface area contributed by atoms with Gasteiger partial charge >= 0.3 is 12.3 Å². The number of hydrogen-bond donors (Lipinski definition) is 1. The summed E-state index contributed by atoms with van der Waals surface area (Å²) in [6.45, 7) is 15.5. The van der Waals surface area contributed by atoms with Crippen molar-refractivity contribution in [3.8, 4) is 23.0 Å². The molecular weight excluding hydrogens is 652 g/mol. The van der Waals surface area contributed by atoms with Gasteiger partial charge in [0.05, 0.1) is 0 Å². The van der Waals surface area contributed by atoms with Gasteiger partial charge in [0.25, 0.3) is 0 Å². The maximum absolute atomic E-state index is 12.9. The highest BCUT2D eigenvalue weighted by atomic mass is 16.7. The summed E-state index contributed by atoms with van der Waals surface area (Å²) in [4.78, 5) is 25.2. The molecule has 0 heterocycles. The first kappa shape index (κ1) is 36.2. The maximum Gasteiger partial charge on any atom is 0.519 e. The zero-order valence-corrected chi connectivity index (χ0v) is 30.9. The third kappa shape index (κ3) is 6.75. The molecule has 0 fully saturated rings. The second kappa shape index (κ2) is 13.9.